The number of ketones is 2. The predicted molar refractivity (Wildman–Crippen MR) is 128 cm³/mol. The Kier molecular flexibility index (Phi) is 16.0. The molecule has 1 aromatic carbocycles. The average Bonchev–Trinajstić information content (AvgIpc) is 3.23. The highest BCUT2D eigenvalue weighted by atomic mass is 16.3. The number of hydrogen-bond acceptors (Lipinski definition) is 5. The Morgan fingerprint density at radius 2 is 1.50 bits per heavy atom. The number of hydrogen-bond donors (Lipinski definition) is 2. The summed E-state index contributed by atoms with van der Waals surface area (Å²) in [7, 11) is 1.00. The minimum absolute atomic E-state index is 0.0681. The van der Waals surface area contributed by atoms with Crippen molar-refractivity contribution < 1.29 is 23.9 Å². The van der Waals surface area contributed by atoms with Crippen LogP contribution in [-0.4, -0.2) is 29.7 Å². The molecular weight excluding hydrogens is 406 g/mol. The third kappa shape index (κ3) is 11.3. The quantitative estimate of drug-likeness (QED) is 0.400. The molecule has 2 aromatic rings. The molecule has 0 aliphatic carbocycles. The fourth-order valence-electron chi connectivity index (χ4n) is 1.93. The molecule has 0 atom stereocenters. The summed E-state index contributed by atoms with van der Waals surface area (Å²) >= 11 is 0. The van der Waals surface area contributed by atoms with Crippen molar-refractivity contribution >= 4 is 17.5 Å². The SMILES string of the molecule is CC.CC(=O)C(C)(C)C(N)=O.CCCc1cc(C#Cc2ccc(C(C)=O)cc2)co1.CO. The van der Waals surface area contributed by atoms with Gasteiger partial charge in [-0.05, 0) is 52.3 Å². The first-order chi connectivity index (χ1) is 15.1. The molecule has 1 amide bonds. The zero-order valence-corrected chi connectivity index (χ0v) is 20.5. The second kappa shape index (κ2) is 16.5. The maximum atomic E-state index is 11.2. The average molecular weight is 444 g/mol. The zero-order chi connectivity index (χ0) is 25.3. The van der Waals surface area contributed by atoms with Crippen molar-refractivity contribution in [3.05, 3.63) is 59.0 Å². The molecule has 2 rings (SSSR count). The Labute approximate surface area is 192 Å². The Morgan fingerprint density at radius 3 is 1.88 bits per heavy atom. The van der Waals surface area contributed by atoms with Gasteiger partial charge in [0.05, 0.1) is 5.56 Å². The topological polar surface area (TPSA) is 111 Å². The molecule has 176 valence electrons. The van der Waals surface area contributed by atoms with Gasteiger partial charge in [-0.1, -0.05) is 44.7 Å². The second-order valence-electron chi connectivity index (χ2n) is 6.98. The summed E-state index contributed by atoms with van der Waals surface area (Å²) in [5.74, 6) is 6.39. The van der Waals surface area contributed by atoms with Crippen molar-refractivity contribution in [2.75, 3.05) is 7.11 Å². The van der Waals surface area contributed by atoms with Crippen LogP contribution in [-0.2, 0) is 16.0 Å². The molecular formula is C26H37NO5. The molecule has 0 saturated heterocycles. The van der Waals surface area contributed by atoms with Gasteiger partial charge in [0.15, 0.2) is 5.78 Å². The van der Waals surface area contributed by atoms with E-state index in [4.69, 9.17) is 15.3 Å². The summed E-state index contributed by atoms with van der Waals surface area (Å²) in [6.07, 6.45) is 3.68. The first kappa shape index (κ1) is 31.0. The predicted octanol–water partition coefficient (Wildman–Crippen LogP) is 4.56. The summed E-state index contributed by atoms with van der Waals surface area (Å²) in [4.78, 5) is 32.2. The fourth-order valence-corrected chi connectivity index (χ4v) is 1.93. The lowest BCUT2D eigenvalue weighted by Gasteiger charge is -2.14. The Hall–Kier alpha value is -3.17. The van der Waals surface area contributed by atoms with Gasteiger partial charge in [0.2, 0.25) is 5.91 Å². The number of aliphatic hydroxyl groups is 1. The normalized spacial score (nSPS) is 9.28. The summed E-state index contributed by atoms with van der Waals surface area (Å²) in [6.45, 7) is 12.0. The minimum Gasteiger partial charge on any atom is -0.468 e. The highest BCUT2D eigenvalue weighted by Gasteiger charge is 2.29. The van der Waals surface area contributed by atoms with E-state index in [2.05, 4.69) is 18.8 Å². The van der Waals surface area contributed by atoms with E-state index in [-0.39, 0.29) is 11.6 Å². The molecule has 0 bridgehead atoms. The lowest BCUT2D eigenvalue weighted by Crippen LogP contribution is -2.37. The van der Waals surface area contributed by atoms with Gasteiger partial charge in [-0.15, -0.1) is 0 Å². The molecule has 0 aliphatic rings. The van der Waals surface area contributed by atoms with E-state index in [0.29, 0.717) is 5.56 Å². The van der Waals surface area contributed by atoms with E-state index in [1.165, 1.54) is 20.8 Å². The maximum Gasteiger partial charge on any atom is 0.230 e. The van der Waals surface area contributed by atoms with Gasteiger partial charge < -0.3 is 15.3 Å². The zero-order valence-electron chi connectivity index (χ0n) is 20.5. The number of carbonyl (C=O) groups excluding carboxylic acids is 3. The number of nitrogens with two attached hydrogens (primary N) is 1. The van der Waals surface area contributed by atoms with Crippen molar-refractivity contribution in [2.45, 2.75) is 61.3 Å². The molecule has 32 heavy (non-hydrogen) atoms. The van der Waals surface area contributed by atoms with Crippen LogP contribution >= 0.6 is 0 Å². The van der Waals surface area contributed by atoms with Crippen LogP contribution in [0.25, 0.3) is 0 Å². The largest absolute Gasteiger partial charge is 0.468 e. The lowest BCUT2D eigenvalue weighted by atomic mass is 9.88. The lowest BCUT2D eigenvalue weighted by molar-refractivity contribution is -0.136. The van der Waals surface area contributed by atoms with Gasteiger partial charge in [0, 0.05) is 24.7 Å². The first-order valence-corrected chi connectivity index (χ1v) is 10.5. The number of furan rings is 1. The number of amides is 1. The molecule has 1 heterocycles. The van der Waals surface area contributed by atoms with Gasteiger partial charge in [0.1, 0.15) is 23.2 Å². The summed E-state index contributed by atoms with van der Waals surface area (Å²) in [6, 6.07) is 9.28. The molecule has 6 heteroatoms. The van der Waals surface area contributed by atoms with Crippen molar-refractivity contribution in [1.29, 1.82) is 0 Å². The number of benzene rings is 1. The Balaban J connectivity index is 0. The number of aliphatic hydroxyl groups excluding tert-OH is 1. The highest BCUT2D eigenvalue weighted by molar-refractivity contribution is 6.03. The molecule has 3 N–H and O–H groups in total. The molecule has 0 radical (unpaired) electrons. The maximum absolute atomic E-state index is 11.2. The highest BCUT2D eigenvalue weighted by Crippen LogP contribution is 2.14. The van der Waals surface area contributed by atoms with E-state index in [9.17, 15) is 14.4 Å². The van der Waals surface area contributed by atoms with E-state index in [1.54, 1.807) is 25.3 Å². The van der Waals surface area contributed by atoms with E-state index in [0.717, 1.165) is 36.8 Å². The Morgan fingerprint density at radius 1 is 1.00 bits per heavy atom. The summed E-state index contributed by atoms with van der Waals surface area (Å²) in [5, 5.41) is 7.00. The van der Waals surface area contributed by atoms with Crippen LogP contribution in [0, 0.1) is 17.3 Å². The van der Waals surface area contributed by atoms with Crippen molar-refractivity contribution in [2.24, 2.45) is 11.1 Å². The van der Waals surface area contributed by atoms with Gasteiger partial charge in [0.25, 0.3) is 0 Å². The number of rotatable bonds is 5. The first-order valence-electron chi connectivity index (χ1n) is 10.5. The third-order valence-corrected chi connectivity index (χ3v) is 4.29. The van der Waals surface area contributed by atoms with Gasteiger partial charge in [-0.25, -0.2) is 0 Å². The summed E-state index contributed by atoms with van der Waals surface area (Å²) in [5.41, 5.74) is 6.40. The molecule has 0 unspecified atom stereocenters. The van der Waals surface area contributed by atoms with Crippen LogP contribution in [0.2, 0.25) is 0 Å². The van der Waals surface area contributed by atoms with Crippen LogP contribution in [0.15, 0.2) is 41.0 Å². The third-order valence-electron chi connectivity index (χ3n) is 4.29. The van der Waals surface area contributed by atoms with E-state index >= 15 is 0 Å². The van der Waals surface area contributed by atoms with Gasteiger partial charge >= 0.3 is 0 Å². The molecule has 0 saturated carbocycles. The van der Waals surface area contributed by atoms with Crippen LogP contribution in [0.4, 0.5) is 0 Å². The second-order valence-corrected chi connectivity index (χ2v) is 6.98. The molecule has 0 aliphatic heterocycles. The Bertz CT molecular complexity index is 880. The smallest absolute Gasteiger partial charge is 0.230 e. The molecule has 1 aromatic heterocycles. The molecule has 6 nitrogen and oxygen atoms in total. The van der Waals surface area contributed by atoms with Crippen LogP contribution in [0.3, 0.4) is 0 Å². The van der Waals surface area contributed by atoms with Gasteiger partial charge in [-0.2, -0.15) is 0 Å². The number of Topliss-reactive ketones (excluding diaryl/α,β-unsaturated/α-hetero) is 2. The van der Waals surface area contributed by atoms with Crippen LogP contribution in [0.5, 0.6) is 0 Å². The molecule has 0 spiro atoms. The van der Waals surface area contributed by atoms with E-state index < -0.39 is 11.3 Å². The monoisotopic (exact) mass is 443 g/mol. The summed E-state index contributed by atoms with van der Waals surface area (Å²) < 4.78 is 5.40. The van der Waals surface area contributed by atoms with Crippen molar-refractivity contribution in [3.63, 3.8) is 0 Å². The minimum atomic E-state index is -1.00. The fraction of sp³-hybridized carbons (Fsp3) is 0.423. The number of primary amides is 1. The standard InChI is InChI=1S/C17H16O2.C6H11NO2.C2H6.CH4O/c1-3-4-17-11-15(12-19-17)6-5-14-7-9-16(10-8-14)13(2)18;1-4(8)6(2,3)5(7)9;2*1-2/h7-12H,3-4H2,1-2H3;1-3H3,(H2,7,9);1-2H3;2H,1H3. The number of aryl methyl sites for hydroxylation is 1. The molecule has 0 fully saturated rings. The van der Waals surface area contributed by atoms with Crippen LogP contribution in [0.1, 0.15) is 82.1 Å². The van der Waals surface area contributed by atoms with Crippen LogP contribution < -0.4 is 5.73 Å². The number of carbonyl (C=O) groups is 3. The van der Waals surface area contributed by atoms with Crippen molar-refractivity contribution in [3.8, 4) is 11.8 Å². The van der Waals surface area contributed by atoms with Gasteiger partial charge in [-0.3, -0.25) is 14.4 Å². The van der Waals surface area contributed by atoms with Crippen molar-refractivity contribution in [1.82, 2.24) is 0 Å². The van der Waals surface area contributed by atoms with E-state index in [1.807, 2.05) is 32.0 Å².